The molecule has 3 fully saturated rings. The Hall–Kier alpha value is -1.02. The first-order valence-electron chi connectivity index (χ1n) is 7.81. The van der Waals surface area contributed by atoms with Crippen LogP contribution in [0, 0.1) is 23.7 Å². The molecule has 0 aromatic heterocycles. The third-order valence-electron chi connectivity index (χ3n) is 5.92. The molecule has 0 radical (unpaired) electrons. The lowest BCUT2D eigenvalue weighted by atomic mass is 9.79. The highest BCUT2D eigenvalue weighted by atomic mass is 16.3. The minimum absolute atomic E-state index is 0.137. The van der Waals surface area contributed by atoms with E-state index in [1.165, 1.54) is 37.8 Å². The number of fused-ring (bicyclic) bond motifs is 5. The van der Waals surface area contributed by atoms with Crippen molar-refractivity contribution in [3.63, 3.8) is 0 Å². The van der Waals surface area contributed by atoms with E-state index in [0.29, 0.717) is 6.04 Å². The molecule has 2 heteroatoms. The van der Waals surface area contributed by atoms with E-state index in [-0.39, 0.29) is 6.61 Å². The SMILES string of the molecule is OCc1ccc(NC2CC3CC2C2CCCC32)cc1. The predicted octanol–water partition coefficient (Wildman–Crippen LogP) is 3.42. The van der Waals surface area contributed by atoms with Gasteiger partial charge in [-0.25, -0.2) is 0 Å². The summed E-state index contributed by atoms with van der Waals surface area (Å²) in [6.07, 6.45) is 7.31. The van der Waals surface area contributed by atoms with E-state index in [4.69, 9.17) is 5.11 Å². The summed E-state index contributed by atoms with van der Waals surface area (Å²) in [6.45, 7) is 0.137. The molecule has 5 atom stereocenters. The van der Waals surface area contributed by atoms with Gasteiger partial charge in [0.25, 0.3) is 0 Å². The van der Waals surface area contributed by atoms with Crippen molar-refractivity contribution in [2.24, 2.45) is 23.7 Å². The summed E-state index contributed by atoms with van der Waals surface area (Å²) < 4.78 is 0. The molecule has 0 saturated heterocycles. The van der Waals surface area contributed by atoms with Crippen molar-refractivity contribution < 1.29 is 5.11 Å². The molecule has 102 valence electrons. The Bertz CT molecular complexity index is 455. The van der Waals surface area contributed by atoms with Gasteiger partial charge >= 0.3 is 0 Å². The molecule has 0 aliphatic heterocycles. The summed E-state index contributed by atoms with van der Waals surface area (Å²) in [7, 11) is 0. The molecule has 5 unspecified atom stereocenters. The summed E-state index contributed by atoms with van der Waals surface area (Å²) in [5.74, 6) is 4.02. The van der Waals surface area contributed by atoms with Crippen LogP contribution in [0.3, 0.4) is 0 Å². The summed E-state index contributed by atoms with van der Waals surface area (Å²) in [6, 6.07) is 8.97. The number of anilines is 1. The van der Waals surface area contributed by atoms with Gasteiger partial charge in [-0.2, -0.15) is 0 Å². The Labute approximate surface area is 115 Å². The fraction of sp³-hybridized carbons (Fsp3) is 0.647. The van der Waals surface area contributed by atoms with Crippen LogP contribution in [-0.2, 0) is 6.61 Å². The maximum Gasteiger partial charge on any atom is 0.0681 e. The highest BCUT2D eigenvalue weighted by Crippen LogP contribution is 2.59. The summed E-state index contributed by atoms with van der Waals surface area (Å²) in [5.41, 5.74) is 2.22. The van der Waals surface area contributed by atoms with Gasteiger partial charge in [0.2, 0.25) is 0 Å². The van der Waals surface area contributed by atoms with Crippen LogP contribution in [0.25, 0.3) is 0 Å². The van der Waals surface area contributed by atoms with Crippen LogP contribution in [0.15, 0.2) is 24.3 Å². The van der Waals surface area contributed by atoms with Crippen LogP contribution >= 0.6 is 0 Å². The van der Waals surface area contributed by atoms with Crippen LogP contribution in [0.4, 0.5) is 5.69 Å². The van der Waals surface area contributed by atoms with E-state index in [1.807, 2.05) is 12.1 Å². The highest BCUT2D eigenvalue weighted by Gasteiger charge is 2.53. The van der Waals surface area contributed by atoms with Crippen LogP contribution in [0.5, 0.6) is 0 Å². The zero-order valence-corrected chi connectivity index (χ0v) is 11.4. The predicted molar refractivity (Wildman–Crippen MR) is 76.8 cm³/mol. The van der Waals surface area contributed by atoms with Crippen molar-refractivity contribution in [1.29, 1.82) is 0 Å². The number of hydrogen-bond acceptors (Lipinski definition) is 2. The molecule has 3 saturated carbocycles. The lowest BCUT2D eigenvalue weighted by Gasteiger charge is -2.32. The fourth-order valence-corrected chi connectivity index (χ4v) is 5.15. The van der Waals surface area contributed by atoms with Crippen LogP contribution in [0.2, 0.25) is 0 Å². The Morgan fingerprint density at radius 1 is 1.00 bits per heavy atom. The molecule has 1 aromatic rings. The molecule has 0 heterocycles. The second kappa shape index (κ2) is 4.52. The molecule has 2 bridgehead atoms. The number of rotatable bonds is 3. The third kappa shape index (κ3) is 1.88. The molecule has 2 nitrogen and oxygen atoms in total. The minimum atomic E-state index is 0.137. The van der Waals surface area contributed by atoms with Gasteiger partial charge in [-0.3, -0.25) is 0 Å². The normalized spacial score (nSPS) is 39.5. The largest absolute Gasteiger partial charge is 0.392 e. The van der Waals surface area contributed by atoms with E-state index in [1.54, 1.807) is 0 Å². The van der Waals surface area contributed by atoms with E-state index in [0.717, 1.165) is 29.2 Å². The van der Waals surface area contributed by atoms with E-state index >= 15 is 0 Å². The first-order chi connectivity index (χ1) is 9.35. The van der Waals surface area contributed by atoms with Gasteiger partial charge in [-0.05, 0) is 67.1 Å². The van der Waals surface area contributed by atoms with Crippen LogP contribution in [-0.4, -0.2) is 11.1 Å². The minimum Gasteiger partial charge on any atom is -0.392 e. The first-order valence-corrected chi connectivity index (χ1v) is 7.81. The van der Waals surface area contributed by atoms with Crippen molar-refractivity contribution in [2.45, 2.75) is 44.8 Å². The summed E-state index contributed by atoms with van der Waals surface area (Å²) in [4.78, 5) is 0. The average molecular weight is 257 g/mol. The topological polar surface area (TPSA) is 32.3 Å². The Kier molecular flexibility index (Phi) is 2.80. The lowest BCUT2D eigenvalue weighted by molar-refractivity contribution is 0.243. The number of nitrogens with one attached hydrogen (secondary N) is 1. The van der Waals surface area contributed by atoms with E-state index in [2.05, 4.69) is 17.4 Å². The number of aliphatic hydroxyl groups excluding tert-OH is 1. The van der Waals surface area contributed by atoms with Gasteiger partial charge in [-0.15, -0.1) is 0 Å². The summed E-state index contributed by atoms with van der Waals surface area (Å²) in [5, 5.41) is 12.8. The summed E-state index contributed by atoms with van der Waals surface area (Å²) >= 11 is 0. The standard InChI is InChI=1S/C17H23NO/c19-10-11-4-6-13(7-5-11)18-17-9-12-8-16(17)15-3-1-2-14(12)15/h4-7,12,14-19H,1-3,8-10H2. The molecule has 0 spiro atoms. The van der Waals surface area contributed by atoms with Crippen molar-refractivity contribution in [3.05, 3.63) is 29.8 Å². The molecule has 1 aromatic carbocycles. The van der Waals surface area contributed by atoms with Gasteiger partial charge < -0.3 is 10.4 Å². The van der Waals surface area contributed by atoms with Crippen molar-refractivity contribution in [2.75, 3.05) is 5.32 Å². The molecule has 19 heavy (non-hydrogen) atoms. The number of benzene rings is 1. The molecular weight excluding hydrogens is 234 g/mol. The lowest BCUT2D eigenvalue weighted by Crippen LogP contribution is -2.33. The molecule has 3 aliphatic rings. The van der Waals surface area contributed by atoms with E-state index < -0.39 is 0 Å². The first kappa shape index (κ1) is 11.8. The molecule has 0 amide bonds. The van der Waals surface area contributed by atoms with Gasteiger partial charge in [0.05, 0.1) is 6.61 Å². The number of hydrogen-bond donors (Lipinski definition) is 2. The third-order valence-corrected chi connectivity index (χ3v) is 5.92. The van der Waals surface area contributed by atoms with Gasteiger partial charge in [-0.1, -0.05) is 18.6 Å². The maximum absolute atomic E-state index is 9.08. The van der Waals surface area contributed by atoms with Crippen molar-refractivity contribution in [1.82, 2.24) is 0 Å². The highest BCUT2D eigenvalue weighted by molar-refractivity contribution is 5.46. The smallest absolute Gasteiger partial charge is 0.0681 e. The fourth-order valence-electron chi connectivity index (χ4n) is 5.15. The van der Waals surface area contributed by atoms with Crippen LogP contribution in [0.1, 0.15) is 37.7 Å². The van der Waals surface area contributed by atoms with Crippen LogP contribution < -0.4 is 5.32 Å². The van der Waals surface area contributed by atoms with Crippen molar-refractivity contribution >= 4 is 5.69 Å². The Morgan fingerprint density at radius 2 is 1.79 bits per heavy atom. The molecule has 4 rings (SSSR count). The number of aliphatic hydroxyl groups is 1. The molecule has 2 N–H and O–H groups in total. The van der Waals surface area contributed by atoms with Crippen molar-refractivity contribution in [3.8, 4) is 0 Å². The zero-order valence-electron chi connectivity index (χ0n) is 11.4. The zero-order chi connectivity index (χ0) is 12.8. The maximum atomic E-state index is 9.08. The van der Waals surface area contributed by atoms with Gasteiger partial charge in [0.1, 0.15) is 0 Å². The second-order valence-electron chi connectivity index (χ2n) is 6.76. The Balaban J connectivity index is 1.46. The monoisotopic (exact) mass is 257 g/mol. The van der Waals surface area contributed by atoms with E-state index in [9.17, 15) is 0 Å². The second-order valence-corrected chi connectivity index (χ2v) is 6.76. The Morgan fingerprint density at radius 3 is 2.58 bits per heavy atom. The van der Waals surface area contributed by atoms with Gasteiger partial charge in [0, 0.05) is 11.7 Å². The molecule has 3 aliphatic carbocycles. The average Bonchev–Trinajstić information content (AvgIpc) is 3.11. The molecular formula is C17H23NO. The van der Waals surface area contributed by atoms with Gasteiger partial charge in [0.15, 0.2) is 0 Å². The quantitative estimate of drug-likeness (QED) is 0.869.